The first-order valence-electron chi connectivity index (χ1n) is 5.74. The average Bonchev–Trinajstić information content (AvgIpc) is 2.33. The van der Waals surface area contributed by atoms with E-state index in [9.17, 15) is 8.78 Å². The molecule has 2 aromatic rings. The van der Waals surface area contributed by atoms with Crippen molar-refractivity contribution < 1.29 is 8.78 Å². The number of hydrogen-bond acceptors (Lipinski definition) is 1. The van der Waals surface area contributed by atoms with E-state index in [0.29, 0.717) is 9.50 Å². The van der Waals surface area contributed by atoms with E-state index < -0.39 is 11.6 Å². The van der Waals surface area contributed by atoms with E-state index in [1.54, 1.807) is 19.1 Å². The quantitative estimate of drug-likeness (QED) is 0.607. The summed E-state index contributed by atoms with van der Waals surface area (Å²) in [5.74, 6) is -1.31. The van der Waals surface area contributed by atoms with Gasteiger partial charge in [-0.15, -0.1) is 0 Å². The minimum absolute atomic E-state index is 0.167. The summed E-state index contributed by atoms with van der Waals surface area (Å²) in [5, 5.41) is 3.34. The zero-order chi connectivity index (χ0) is 14.9. The van der Waals surface area contributed by atoms with Gasteiger partial charge in [-0.3, -0.25) is 0 Å². The maximum absolute atomic E-state index is 13.8. The topological polar surface area (TPSA) is 12.0 Å². The van der Waals surface area contributed by atoms with Gasteiger partial charge in [-0.1, -0.05) is 49.5 Å². The Labute approximate surface area is 137 Å². The summed E-state index contributed by atoms with van der Waals surface area (Å²) in [7, 11) is 0. The highest BCUT2D eigenvalue weighted by atomic mass is 79.9. The summed E-state index contributed by atoms with van der Waals surface area (Å²) in [6, 6.07) is 7.46. The first-order valence-corrected chi connectivity index (χ1v) is 7.71. The van der Waals surface area contributed by atoms with Crippen molar-refractivity contribution in [3.8, 4) is 0 Å². The van der Waals surface area contributed by atoms with E-state index in [-0.39, 0.29) is 11.7 Å². The fourth-order valence-electron chi connectivity index (χ4n) is 1.83. The second-order valence-electron chi connectivity index (χ2n) is 4.28. The van der Waals surface area contributed by atoms with Crippen LogP contribution in [0.25, 0.3) is 0 Å². The minimum Gasteiger partial charge on any atom is -0.374 e. The molecule has 1 nitrogen and oxygen atoms in total. The Kier molecular flexibility index (Phi) is 5.04. The van der Waals surface area contributed by atoms with Gasteiger partial charge in [0.05, 0.1) is 6.04 Å². The van der Waals surface area contributed by atoms with Gasteiger partial charge >= 0.3 is 0 Å². The van der Waals surface area contributed by atoms with Crippen LogP contribution in [0.3, 0.4) is 0 Å². The number of nitrogens with one attached hydrogen (secondary N) is 1. The summed E-state index contributed by atoms with van der Waals surface area (Å²) < 4.78 is 28.8. The Morgan fingerprint density at radius 2 is 1.65 bits per heavy atom. The largest absolute Gasteiger partial charge is 0.374 e. The molecule has 0 saturated heterocycles. The van der Waals surface area contributed by atoms with E-state index in [2.05, 4.69) is 37.2 Å². The number of halogens is 5. The molecule has 2 rings (SSSR count). The summed E-state index contributed by atoms with van der Waals surface area (Å²) in [5.41, 5.74) is 0.594. The molecule has 0 aromatic heterocycles. The zero-order valence-electron chi connectivity index (χ0n) is 10.4. The van der Waals surface area contributed by atoms with Crippen molar-refractivity contribution in [1.29, 1.82) is 0 Å². The molecule has 0 amide bonds. The van der Waals surface area contributed by atoms with Gasteiger partial charge in [0.15, 0.2) is 0 Å². The van der Waals surface area contributed by atoms with Gasteiger partial charge in [0, 0.05) is 14.0 Å². The fourth-order valence-corrected chi connectivity index (χ4v) is 3.07. The molecule has 0 bridgehead atoms. The lowest BCUT2D eigenvalue weighted by Gasteiger charge is -2.18. The minimum atomic E-state index is -0.656. The molecule has 1 unspecified atom stereocenters. The van der Waals surface area contributed by atoms with Crippen LogP contribution in [0.4, 0.5) is 14.5 Å². The van der Waals surface area contributed by atoms with Crippen molar-refractivity contribution in [1.82, 2.24) is 0 Å². The van der Waals surface area contributed by atoms with Crippen LogP contribution in [0.15, 0.2) is 39.3 Å². The van der Waals surface area contributed by atoms with E-state index in [1.807, 2.05) is 6.07 Å². The van der Waals surface area contributed by atoms with Crippen molar-refractivity contribution in [3.63, 3.8) is 0 Å². The van der Waals surface area contributed by atoms with Crippen molar-refractivity contribution >= 4 is 49.1 Å². The molecule has 0 aliphatic rings. The summed E-state index contributed by atoms with van der Waals surface area (Å²) >= 11 is 12.5. The van der Waals surface area contributed by atoms with E-state index in [4.69, 9.17) is 11.6 Å². The number of benzene rings is 2. The van der Waals surface area contributed by atoms with Crippen LogP contribution in [0, 0.1) is 11.6 Å². The third-order valence-electron chi connectivity index (χ3n) is 2.80. The number of rotatable bonds is 3. The summed E-state index contributed by atoms with van der Waals surface area (Å²) in [4.78, 5) is 0. The maximum Gasteiger partial charge on any atom is 0.150 e. The second-order valence-corrected chi connectivity index (χ2v) is 6.51. The fraction of sp³-hybridized carbons (Fsp3) is 0.143. The maximum atomic E-state index is 13.8. The van der Waals surface area contributed by atoms with E-state index in [1.165, 1.54) is 12.1 Å². The van der Waals surface area contributed by atoms with Gasteiger partial charge in [-0.05, 0) is 36.8 Å². The third kappa shape index (κ3) is 3.51. The van der Waals surface area contributed by atoms with Gasteiger partial charge in [-0.25, -0.2) is 8.78 Å². The first kappa shape index (κ1) is 15.7. The molecular weight excluding hydrogens is 415 g/mol. The molecular formula is C14H10Br2ClF2N. The van der Waals surface area contributed by atoms with E-state index >= 15 is 0 Å². The van der Waals surface area contributed by atoms with Gasteiger partial charge < -0.3 is 5.32 Å². The molecule has 0 radical (unpaired) electrons. The second kappa shape index (κ2) is 6.41. The highest BCUT2D eigenvalue weighted by Crippen LogP contribution is 2.31. The molecule has 2 aromatic carbocycles. The van der Waals surface area contributed by atoms with Crippen molar-refractivity contribution in [2.24, 2.45) is 0 Å². The summed E-state index contributed by atoms with van der Waals surface area (Å²) in [6.45, 7) is 1.79. The zero-order valence-corrected chi connectivity index (χ0v) is 14.3. The Morgan fingerprint density at radius 1 is 1.05 bits per heavy atom. The van der Waals surface area contributed by atoms with Crippen LogP contribution < -0.4 is 5.32 Å². The van der Waals surface area contributed by atoms with Crippen molar-refractivity contribution in [2.75, 3.05) is 5.32 Å². The van der Waals surface area contributed by atoms with Crippen molar-refractivity contribution in [2.45, 2.75) is 13.0 Å². The SMILES string of the molecule is CC(Nc1c(F)cc(Br)cc1F)c1ccc(Br)cc1Cl. The monoisotopic (exact) mass is 423 g/mol. The molecule has 1 atom stereocenters. The lowest BCUT2D eigenvalue weighted by Crippen LogP contribution is -2.10. The first-order chi connectivity index (χ1) is 9.38. The normalized spacial score (nSPS) is 12.3. The van der Waals surface area contributed by atoms with Crippen LogP contribution in [-0.4, -0.2) is 0 Å². The van der Waals surface area contributed by atoms with Crippen molar-refractivity contribution in [3.05, 3.63) is 61.5 Å². The van der Waals surface area contributed by atoms with Crippen LogP contribution in [0.1, 0.15) is 18.5 Å². The molecule has 20 heavy (non-hydrogen) atoms. The Bertz CT molecular complexity index is 626. The average molecular weight is 425 g/mol. The molecule has 6 heteroatoms. The molecule has 0 fully saturated rings. The van der Waals surface area contributed by atoms with Gasteiger partial charge in [0.25, 0.3) is 0 Å². The Morgan fingerprint density at radius 3 is 2.20 bits per heavy atom. The molecule has 0 aliphatic heterocycles. The molecule has 0 aliphatic carbocycles. The smallest absolute Gasteiger partial charge is 0.150 e. The predicted molar refractivity (Wildman–Crippen MR) is 85.2 cm³/mol. The number of hydrogen-bond donors (Lipinski definition) is 1. The van der Waals surface area contributed by atoms with Crippen LogP contribution in [-0.2, 0) is 0 Å². The van der Waals surface area contributed by atoms with Gasteiger partial charge in [0.1, 0.15) is 17.3 Å². The highest BCUT2D eigenvalue weighted by Gasteiger charge is 2.16. The Balaban J connectivity index is 2.30. The molecule has 0 saturated carbocycles. The lowest BCUT2D eigenvalue weighted by molar-refractivity contribution is 0.583. The van der Waals surface area contributed by atoms with Crippen LogP contribution in [0.2, 0.25) is 5.02 Å². The predicted octanol–water partition coefficient (Wildman–Crippen LogP) is 6.32. The molecule has 106 valence electrons. The van der Waals surface area contributed by atoms with Gasteiger partial charge in [0.2, 0.25) is 0 Å². The highest BCUT2D eigenvalue weighted by molar-refractivity contribution is 9.10. The Hall–Kier alpha value is -0.650. The third-order valence-corrected chi connectivity index (χ3v) is 4.08. The van der Waals surface area contributed by atoms with E-state index in [0.717, 1.165) is 10.0 Å². The lowest BCUT2D eigenvalue weighted by atomic mass is 10.1. The molecule has 1 N–H and O–H groups in total. The van der Waals surface area contributed by atoms with Crippen LogP contribution in [0.5, 0.6) is 0 Å². The molecule has 0 heterocycles. The van der Waals surface area contributed by atoms with Gasteiger partial charge in [-0.2, -0.15) is 0 Å². The van der Waals surface area contributed by atoms with Crippen LogP contribution >= 0.6 is 43.5 Å². The standard InChI is InChI=1S/C14H10Br2ClF2N/c1-7(10-3-2-8(15)4-11(10)17)20-14-12(18)5-9(16)6-13(14)19/h2-7,20H,1H3. The number of anilines is 1. The summed E-state index contributed by atoms with van der Waals surface area (Å²) in [6.07, 6.45) is 0. The molecule has 0 spiro atoms.